The average Bonchev–Trinajstić information content (AvgIpc) is 2.69. The molecule has 0 radical (unpaired) electrons. The van der Waals surface area contributed by atoms with Crippen molar-refractivity contribution < 1.29 is 19.1 Å². The van der Waals surface area contributed by atoms with Crippen LogP contribution in [0.4, 0.5) is 0 Å². The highest BCUT2D eigenvalue weighted by Crippen LogP contribution is 2.22. The summed E-state index contributed by atoms with van der Waals surface area (Å²) in [5, 5.41) is 0. The molecule has 0 spiro atoms. The van der Waals surface area contributed by atoms with Crippen molar-refractivity contribution in [3.8, 4) is 11.5 Å². The van der Waals surface area contributed by atoms with E-state index in [0.717, 1.165) is 11.3 Å². The third kappa shape index (κ3) is 4.36. The zero-order chi connectivity index (χ0) is 18.4. The summed E-state index contributed by atoms with van der Waals surface area (Å²) in [7, 11) is 1.35. The molecule has 0 bridgehead atoms. The molecule has 0 aliphatic rings. The number of esters is 1. The van der Waals surface area contributed by atoms with Gasteiger partial charge in [-0.25, -0.2) is 0 Å². The molecule has 0 aromatic heterocycles. The Labute approximate surface area is 152 Å². The van der Waals surface area contributed by atoms with Crippen LogP contribution in [0.1, 0.15) is 21.5 Å². The van der Waals surface area contributed by atoms with Crippen molar-refractivity contribution in [1.82, 2.24) is 0 Å². The smallest absolute Gasteiger partial charge is 0.309 e. The summed E-state index contributed by atoms with van der Waals surface area (Å²) in [6.45, 7) is 0. The van der Waals surface area contributed by atoms with Crippen LogP contribution >= 0.6 is 0 Å². The van der Waals surface area contributed by atoms with Gasteiger partial charge in [-0.15, -0.1) is 0 Å². The largest absolute Gasteiger partial charge is 0.469 e. The molecule has 3 aromatic rings. The second-order valence-electron chi connectivity index (χ2n) is 5.72. The average molecular weight is 346 g/mol. The topological polar surface area (TPSA) is 52.6 Å². The van der Waals surface area contributed by atoms with Gasteiger partial charge in [0.05, 0.1) is 13.5 Å². The molecule has 0 heterocycles. The molecule has 3 rings (SSSR count). The Morgan fingerprint density at radius 1 is 0.731 bits per heavy atom. The fraction of sp³-hybridized carbons (Fsp3) is 0.0909. The lowest BCUT2D eigenvalue weighted by Crippen LogP contribution is -2.05. The molecule has 26 heavy (non-hydrogen) atoms. The van der Waals surface area contributed by atoms with E-state index >= 15 is 0 Å². The molecule has 0 aliphatic heterocycles. The molecular weight excluding hydrogens is 328 g/mol. The number of para-hydroxylation sites is 1. The first-order valence-electron chi connectivity index (χ1n) is 8.19. The normalized spacial score (nSPS) is 10.2. The minimum Gasteiger partial charge on any atom is -0.469 e. The molecule has 0 atom stereocenters. The van der Waals surface area contributed by atoms with Crippen molar-refractivity contribution in [3.05, 3.63) is 95.6 Å². The Morgan fingerprint density at radius 2 is 1.27 bits per heavy atom. The van der Waals surface area contributed by atoms with Crippen LogP contribution < -0.4 is 4.74 Å². The number of ketones is 1. The summed E-state index contributed by atoms with van der Waals surface area (Å²) < 4.78 is 10.4. The van der Waals surface area contributed by atoms with E-state index < -0.39 is 0 Å². The molecule has 4 heteroatoms. The van der Waals surface area contributed by atoms with E-state index in [1.165, 1.54) is 7.11 Å². The lowest BCUT2D eigenvalue weighted by atomic mass is 10.0. The minimum absolute atomic E-state index is 0.0825. The summed E-state index contributed by atoms with van der Waals surface area (Å²) >= 11 is 0. The molecule has 3 aromatic carbocycles. The van der Waals surface area contributed by atoms with Gasteiger partial charge in [0.15, 0.2) is 5.78 Å². The van der Waals surface area contributed by atoms with Crippen LogP contribution in [0.3, 0.4) is 0 Å². The number of benzene rings is 3. The summed E-state index contributed by atoms with van der Waals surface area (Å²) in [6.07, 6.45) is 0.191. The summed E-state index contributed by atoms with van der Waals surface area (Å²) in [5.74, 6) is 1.02. The van der Waals surface area contributed by atoms with Crippen LogP contribution in [0.25, 0.3) is 0 Å². The monoisotopic (exact) mass is 346 g/mol. The van der Waals surface area contributed by atoms with Crippen molar-refractivity contribution in [2.45, 2.75) is 6.42 Å². The molecule has 0 saturated heterocycles. The van der Waals surface area contributed by atoms with Crippen molar-refractivity contribution in [3.63, 3.8) is 0 Å². The highest BCUT2D eigenvalue weighted by Gasteiger charge is 2.10. The number of rotatable bonds is 6. The van der Waals surface area contributed by atoms with Crippen molar-refractivity contribution >= 4 is 11.8 Å². The second-order valence-corrected chi connectivity index (χ2v) is 5.72. The van der Waals surface area contributed by atoms with Gasteiger partial charge in [0.1, 0.15) is 11.5 Å². The first kappa shape index (κ1) is 17.4. The fourth-order valence-corrected chi connectivity index (χ4v) is 2.48. The maximum atomic E-state index is 12.6. The molecule has 0 N–H and O–H groups in total. The third-order valence-corrected chi connectivity index (χ3v) is 3.89. The van der Waals surface area contributed by atoms with Crippen molar-refractivity contribution in [1.29, 1.82) is 0 Å². The molecular formula is C22H18O4. The van der Waals surface area contributed by atoms with E-state index in [9.17, 15) is 9.59 Å². The summed E-state index contributed by atoms with van der Waals surface area (Å²) in [6, 6.07) is 23.4. The quantitative estimate of drug-likeness (QED) is 0.489. The van der Waals surface area contributed by atoms with Gasteiger partial charge in [0, 0.05) is 11.1 Å². The predicted molar refractivity (Wildman–Crippen MR) is 98.6 cm³/mol. The van der Waals surface area contributed by atoms with E-state index in [1.54, 1.807) is 48.5 Å². The standard InChI is InChI=1S/C22H18O4/c1-25-21(23)15-16-7-9-17(10-8-16)22(24)18-11-13-20(14-12-18)26-19-5-3-2-4-6-19/h2-14H,15H2,1H3. The zero-order valence-electron chi connectivity index (χ0n) is 14.3. The third-order valence-electron chi connectivity index (χ3n) is 3.89. The zero-order valence-corrected chi connectivity index (χ0v) is 14.3. The van der Waals surface area contributed by atoms with Gasteiger partial charge in [-0.2, -0.15) is 0 Å². The van der Waals surface area contributed by atoms with Crippen LogP contribution in [0.2, 0.25) is 0 Å². The fourth-order valence-electron chi connectivity index (χ4n) is 2.48. The van der Waals surface area contributed by atoms with Crippen LogP contribution in [-0.2, 0) is 16.0 Å². The van der Waals surface area contributed by atoms with Crippen molar-refractivity contribution in [2.24, 2.45) is 0 Å². The number of carbonyl (C=O) groups is 2. The molecule has 0 aliphatic carbocycles. The van der Waals surface area contributed by atoms with Crippen LogP contribution in [0.15, 0.2) is 78.9 Å². The van der Waals surface area contributed by atoms with Gasteiger partial charge in [0.25, 0.3) is 0 Å². The van der Waals surface area contributed by atoms with Crippen molar-refractivity contribution in [2.75, 3.05) is 7.11 Å². The molecule has 0 amide bonds. The Balaban J connectivity index is 1.68. The molecule has 4 nitrogen and oxygen atoms in total. The maximum absolute atomic E-state index is 12.6. The van der Waals surface area contributed by atoms with Gasteiger partial charge in [-0.05, 0) is 42.0 Å². The lowest BCUT2D eigenvalue weighted by molar-refractivity contribution is -0.139. The number of carbonyl (C=O) groups excluding carboxylic acids is 2. The van der Waals surface area contributed by atoms with E-state index in [4.69, 9.17) is 4.74 Å². The Hall–Kier alpha value is -3.40. The van der Waals surface area contributed by atoms with E-state index in [0.29, 0.717) is 16.9 Å². The van der Waals surface area contributed by atoms with Gasteiger partial charge in [-0.3, -0.25) is 9.59 Å². The van der Waals surface area contributed by atoms with Crippen LogP contribution in [0, 0.1) is 0 Å². The SMILES string of the molecule is COC(=O)Cc1ccc(C(=O)c2ccc(Oc3ccccc3)cc2)cc1. The maximum Gasteiger partial charge on any atom is 0.309 e. The predicted octanol–water partition coefficient (Wildman–Crippen LogP) is 4.43. The summed E-state index contributed by atoms with van der Waals surface area (Å²) in [5.41, 5.74) is 1.95. The van der Waals surface area contributed by atoms with E-state index in [-0.39, 0.29) is 18.2 Å². The van der Waals surface area contributed by atoms with Gasteiger partial charge < -0.3 is 9.47 Å². The Morgan fingerprint density at radius 3 is 1.85 bits per heavy atom. The van der Waals surface area contributed by atoms with Crippen LogP contribution in [0.5, 0.6) is 11.5 Å². The number of hydrogen-bond acceptors (Lipinski definition) is 4. The first-order valence-corrected chi connectivity index (χ1v) is 8.19. The molecule has 0 fully saturated rings. The van der Waals surface area contributed by atoms with Gasteiger partial charge >= 0.3 is 5.97 Å². The summed E-state index contributed by atoms with van der Waals surface area (Å²) in [4.78, 5) is 23.9. The van der Waals surface area contributed by atoms with Gasteiger partial charge in [-0.1, -0.05) is 42.5 Å². The molecule has 130 valence electrons. The minimum atomic E-state index is -0.307. The number of ether oxygens (including phenoxy) is 2. The van der Waals surface area contributed by atoms with Crippen LogP contribution in [-0.4, -0.2) is 18.9 Å². The molecule has 0 saturated carbocycles. The molecule has 0 unspecified atom stereocenters. The second kappa shape index (κ2) is 8.12. The Bertz CT molecular complexity index is 882. The van der Waals surface area contributed by atoms with E-state index in [2.05, 4.69) is 4.74 Å². The number of methoxy groups -OCH3 is 1. The highest BCUT2D eigenvalue weighted by molar-refractivity contribution is 6.09. The first-order chi connectivity index (χ1) is 12.7. The highest BCUT2D eigenvalue weighted by atomic mass is 16.5. The number of hydrogen-bond donors (Lipinski definition) is 0. The Kier molecular flexibility index (Phi) is 5.44. The van der Waals surface area contributed by atoms with Gasteiger partial charge in [0.2, 0.25) is 0 Å². The lowest BCUT2D eigenvalue weighted by Gasteiger charge is -2.07. The van der Waals surface area contributed by atoms with E-state index in [1.807, 2.05) is 30.3 Å².